The van der Waals surface area contributed by atoms with Crippen LogP contribution in [0.1, 0.15) is 40.0 Å². The number of ether oxygens (including phenoxy) is 1. The van der Waals surface area contributed by atoms with Crippen LogP contribution in [0.15, 0.2) is 36.5 Å². The van der Waals surface area contributed by atoms with Crippen LogP contribution in [0, 0.1) is 20.8 Å². The maximum atomic E-state index is 12.4. The summed E-state index contributed by atoms with van der Waals surface area (Å²) < 4.78 is 5.78. The van der Waals surface area contributed by atoms with Gasteiger partial charge in [0.15, 0.2) is 6.61 Å². The summed E-state index contributed by atoms with van der Waals surface area (Å²) in [6, 6.07) is 9.44. The van der Waals surface area contributed by atoms with Gasteiger partial charge >= 0.3 is 0 Å². The Kier molecular flexibility index (Phi) is 6.29. The summed E-state index contributed by atoms with van der Waals surface area (Å²) in [6.07, 6.45) is 3.08. The Bertz CT molecular complexity index is 844. The molecule has 6 heteroatoms. The van der Waals surface area contributed by atoms with E-state index in [4.69, 9.17) is 4.74 Å². The fourth-order valence-electron chi connectivity index (χ4n) is 3.43. The summed E-state index contributed by atoms with van der Waals surface area (Å²) in [5, 5.41) is 3.02. The van der Waals surface area contributed by atoms with Crippen LogP contribution in [0.4, 0.5) is 0 Å². The predicted molar refractivity (Wildman–Crippen MR) is 107 cm³/mol. The van der Waals surface area contributed by atoms with E-state index in [0.717, 1.165) is 35.3 Å². The molecule has 1 N–H and O–H groups in total. The van der Waals surface area contributed by atoms with Crippen molar-refractivity contribution in [1.82, 2.24) is 15.2 Å². The molecule has 2 heterocycles. The van der Waals surface area contributed by atoms with Crippen LogP contribution in [-0.4, -0.2) is 47.4 Å². The van der Waals surface area contributed by atoms with Crippen molar-refractivity contribution in [3.05, 3.63) is 58.9 Å². The van der Waals surface area contributed by atoms with Gasteiger partial charge in [0.25, 0.3) is 11.8 Å². The molecule has 0 unspecified atom stereocenters. The lowest BCUT2D eigenvalue weighted by molar-refractivity contribution is -0.124. The Labute approximate surface area is 165 Å². The van der Waals surface area contributed by atoms with Crippen LogP contribution in [0.3, 0.4) is 0 Å². The van der Waals surface area contributed by atoms with E-state index in [2.05, 4.69) is 16.4 Å². The zero-order valence-electron chi connectivity index (χ0n) is 16.7. The number of aromatic nitrogens is 1. The van der Waals surface area contributed by atoms with E-state index in [0.29, 0.717) is 18.8 Å². The lowest BCUT2D eigenvalue weighted by Gasteiger charge is -2.32. The zero-order valence-corrected chi connectivity index (χ0v) is 16.7. The minimum atomic E-state index is -0.130. The standard InChI is InChI=1S/C22H27N3O3/c1-15-7-8-16(2)21(17(15)3)28-14-20(26)24-18-9-12-25(13-10-18)22(27)19-6-4-5-11-23-19/h4-8,11,18H,9-10,12-14H2,1-3H3,(H,24,26). The zero-order chi connectivity index (χ0) is 20.1. The maximum absolute atomic E-state index is 12.4. The Morgan fingerprint density at radius 1 is 1.11 bits per heavy atom. The topological polar surface area (TPSA) is 71.5 Å². The molecule has 0 aliphatic carbocycles. The third-order valence-corrected chi connectivity index (χ3v) is 5.25. The number of nitrogens with zero attached hydrogens (tertiary/aromatic N) is 2. The highest BCUT2D eigenvalue weighted by molar-refractivity contribution is 5.92. The molecule has 6 nitrogen and oxygen atoms in total. The predicted octanol–water partition coefficient (Wildman–Crippen LogP) is 2.81. The lowest BCUT2D eigenvalue weighted by atomic mass is 10.0. The van der Waals surface area contributed by atoms with Gasteiger partial charge in [0.05, 0.1) is 0 Å². The Balaban J connectivity index is 1.47. The van der Waals surface area contributed by atoms with Crippen molar-refractivity contribution < 1.29 is 14.3 Å². The molecular weight excluding hydrogens is 354 g/mol. The van der Waals surface area contributed by atoms with E-state index >= 15 is 0 Å². The van der Waals surface area contributed by atoms with Crippen molar-refractivity contribution in [2.45, 2.75) is 39.7 Å². The molecule has 0 bridgehead atoms. The van der Waals surface area contributed by atoms with Crippen LogP contribution in [0.25, 0.3) is 0 Å². The first-order valence-electron chi connectivity index (χ1n) is 9.65. The minimum Gasteiger partial charge on any atom is -0.483 e. The molecular formula is C22H27N3O3. The number of amides is 2. The number of carbonyl (C=O) groups excluding carboxylic acids is 2. The highest BCUT2D eigenvalue weighted by atomic mass is 16.5. The molecule has 2 aromatic rings. The Morgan fingerprint density at radius 2 is 1.82 bits per heavy atom. The molecule has 1 aliphatic heterocycles. The summed E-state index contributed by atoms with van der Waals surface area (Å²) in [5.41, 5.74) is 3.69. The number of aryl methyl sites for hydroxylation is 2. The number of rotatable bonds is 5. The van der Waals surface area contributed by atoms with Gasteiger partial charge in [-0.1, -0.05) is 18.2 Å². The largest absolute Gasteiger partial charge is 0.483 e. The van der Waals surface area contributed by atoms with Gasteiger partial charge < -0.3 is 15.0 Å². The third-order valence-electron chi connectivity index (χ3n) is 5.25. The SMILES string of the molecule is Cc1ccc(C)c(OCC(=O)NC2CCN(C(=O)c3ccccn3)CC2)c1C. The summed E-state index contributed by atoms with van der Waals surface area (Å²) in [4.78, 5) is 30.6. The van der Waals surface area contributed by atoms with Crippen molar-refractivity contribution >= 4 is 11.8 Å². The molecule has 1 saturated heterocycles. The number of pyridine rings is 1. The first-order chi connectivity index (χ1) is 13.5. The number of piperidine rings is 1. The molecule has 0 atom stereocenters. The molecule has 1 fully saturated rings. The molecule has 1 aliphatic rings. The summed E-state index contributed by atoms with van der Waals surface area (Å²) in [5.74, 6) is 0.597. The van der Waals surface area contributed by atoms with Crippen molar-refractivity contribution in [2.24, 2.45) is 0 Å². The van der Waals surface area contributed by atoms with Crippen molar-refractivity contribution in [3.8, 4) is 5.75 Å². The molecule has 148 valence electrons. The third kappa shape index (κ3) is 4.68. The van der Waals surface area contributed by atoms with Gasteiger partial charge in [0, 0.05) is 25.3 Å². The van der Waals surface area contributed by atoms with Gasteiger partial charge in [-0.15, -0.1) is 0 Å². The summed E-state index contributed by atoms with van der Waals surface area (Å²) >= 11 is 0. The Hall–Kier alpha value is -2.89. The van der Waals surface area contributed by atoms with E-state index in [-0.39, 0.29) is 24.5 Å². The van der Waals surface area contributed by atoms with Gasteiger partial charge in [-0.2, -0.15) is 0 Å². The normalized spacial score (nSPS) is 14.6. The molecule has 28 heavy (non-hydrogen) atoms. The van der Waals surface area contributed by atoms with E-state index in [1.165, 1.54) is 0 Å². The van der Waals surface area contributed by atoms with E-state index in [1.807, 2.05) is 32.9 Å². The van der Waals surface area contributed by atoms with Crippen molar-refractivity contribution in [1.29, 1.82) is 0 Å². The van der Waals surface area contributed by atoms with E-state index in [9.17, 15) is 9.59 Å². The lowest BCUT2D eigenvalue weighted by Crippen LogP contribution is -2.47. The minimum absolute atomic E-state index is 0.00177. The average Bonchev–Trinajstić information content (AvgIpc) is 2.71. The fourth-order valence-corrected chi connectivity index (χ4v) is 3.43. The van der Waals surface area contributed by atoms with Crippen molar-refractivity contribution in [3.63, 3.8) is 0 Å². The van der Waals surface area contributed by atoms with Gasteiger partial charge in [-0.25, -0.2) is 0 Å². The number of nitrogens with one attached hydrogen (secondary N) is 1. The first kappa shape index (κ1) is 19.9. The molecule has 0 spiro atoms. The number of carbonyl (C=O) groups is 2. The van der Waals surface area contributed by atoms with Gasteiger partial charge in [-0.3, -0.25) is 14.6 Å². The average molecular weight is 381 g/mol. The monoisotopic (exact) mass is 381 g/mol. The molecule has 0 saturated carbocycles. The van der Waals surface area contributed by atoms with Crippen LogP contribution >= 0.6 is 0 Å². The van der Waals surface area contributed by atoms with E-state index < -0.39 is 0 Å². The number of benzene rings is 1. The number of likely N-dealkylation sites (tertiary alicyclic amines) is 1. The quantitative estimate of drug-likeness (QED) is 0.865. The van der Waals surface area contributed by atoms with Crippen LogP contribution < -0.4 is 10.1 Å². The second-order valence-electron chi connectivity index (χ2n) is 7.29. The second-order valence-corrected chi connectivity index (χ2v) is 7.29. The molecule has 3 rings (SSSR count). The molecule has 1 aromatic carbocycles. The smallest absolute Gasteiger partial charge is 0.272 e. The van der Waals surface area contributed by atoms with Gasteiger partial charge in [-0.05, 0) is 62.4 Å². The molecule has 2 amide bonds. The molecule has 0 radical (unpaired) electrons. The van der Waals surface area contributed by atoms with E-state index in [1.54, 1.807) is 23.2 Å². The highest BCUT2D eigenvalue weighted by Crippen LogP contribution is 2.25. The van der Waals surface area contributed by atoms with Crippen LogP contribution in [0.5, 0.6) is 5.75 Å². The molecule has 1 aromatic heterocycles. The second kappa shape index (κ2) is 8.87. The highest BCUT2D eigenvalue weighted by Gasteiger charge is 2.25. The van der Waals surface area contributed by atoms with Gasteiger partial charge in [0.2, 0.25) is 0 Å². The first-order valence-corrected chi connectivity index (χ1v) is 9.65. The number of hydrogen-bond donors (Lipinski definition) is 1. The summed E-state index contributed by atoms with van der Waals surface area (Å²) in [6.45, 7) is 7.23. The number of hydrogen-bond acceptors (Lipinski definition) is 4. The fraction of sp³-hybridized carbons (Fsp3) is 0.409. The van der Waals surface area contributed by atoms with Crippen LogP contribution in [-0.2, 0) is 4.79 Å². The maximum Gasteiger partial charge on any atom is 0.272 e. The van der Waals surface area contributed by atoms with Gasteiger partial charge in [0.1, 0.15) is 11.4 Å². The van der Waals surface area contributed by atoms with Crippen molar-refractivity contribution in [2.75, 3.05) is 19.7 Å². The summed E-state index contributed by atoms with van der Waals surface area (Å²) in [7, 11) is 0. The Morgan fingerprint density at radius 3 is 2.50 bits per heavy atom. The van der Waals surface area contributed by atoms with Crippen LogP contribution in [0.2, 0.25) is 0 Å².